The minimum absolute atomic E-state index is 0.0519. The maximum atomic E-state index is 11.3. The minimum Gasteiger partial charge on any atom is -0.508 e. The first-order chi connectivity index (χ1) is 13.5. The molecule has 3 N–H and O–H groups in total. The molecule has 0 saturated heterocycles. The van der Waals surface area contributed by atoms with Gasteiger partial charge in [0.25, 0.3) is 0 Å². The number of rotatable bonds is 6. The molecule has 0 unspecified atom stereocenters. The van der Waals surface area contributed by atoms with Crippen LogP contribution in [-0.2, 0) is 0 Å². The number of carbonyl (C=O) groups is 1. The van der Waals surface area contributed by atoms with Gasteiger partial charge in [-0.15, -0.1) is 0 Å². The number of phenolic OH excluding ortho intramolecular Hbond substituents is 3. The van der Waals surface area contributed by atoms with Crippen molar-refractivity contribution >= 4 is 6.29 Å². The van der Waals surface area contributed by atoms with Crippen molar-refractivity contribution < 1.29 is 29.6 Å². The molecule has 6 nitrogen and oxygen atoms in total. The van der Waals surface area contributed by atoms with Crippen LogP contribution in [0.25, 0.3) is 0 Å². The molecule has 0 aliphatic heterocycles. The number of phenols is 3. The number of aldehydes is 1. The van der Waals surface area contributed by atoms with Gasteiger partial charge < -0.3 is 24.8 Å². The maximum Gasteiger partial charge on any atom is 0.150 e. The highest BCUT2D eigenvalue weighted by atomic mass is 16.5. The van der Waals surface area contributed by atoms with Crippen molar-refractivity contribution in [3.05, 3.63) is 76.9 Å². The Labute approximate surface area is 162 Å². The van der Waals surface area contributed by atoms with Crippen molar-refractivity contribution in [2.24, 2.45) is 0 Å². The number of hydrogen-bond acceptors (Lipinski definition) is 6. The Hall–Kier alpha value is -3.67. The zero-order chi connectivity index (χ0) is 20.3. The summed E-state index contributed by atoms with van der Waals surface area (Å²) in [7, 11) is 3.00. The van der Waals surface area contributed by atoms with Gasteiger partial charge in [0.1, 0.15) is 35.0 Å². The SMILES string of the molecule is COc1ccc(O)c(C(c2cc(C=O)ccc2O)c2cc(OC)ccc2O)c1. The largest absolute Gasteiger partial charge is 0.508 e. The van der Waals surface area contributed by atoms with E-state index >= 15 is 0 Å². The Bertz CT molecular complexity index is 958. The monoisotopic (exact) mass is 380 g/mol. The van der Waals surface area contributed by atoms with Crippen LogP contribution in [0.1, 0.15) is 33.0 Å². The molecule has 0 bridgehead atoms. The number of aromatic hydroxyl groups is 3. The average Bonchev–Trinajstić information content (AvgIpc) is 2.72. The molecule has 0 aromatic heterocycles. The van der Waals surface area contributed by atoms with Crippen LogP contribution in [0.15, 0.2) is 54.6 Å². The molecule has 0 fully saturated rings. The van der Waals surface area contributed by atoms with Gasteiger partial charge in [-0.3, -0.25) is 4.79 Å². The van der Waals surface area contributed by atoms with Gasteiger partial charge >= 0.3 is 0 Å². The minimum atomic E-state index is -0.787. The van der Waals surface area contributed by atoms with Crippen LogP contribution in [0.5, 0.6) is 28.7 Å². The molecule has 0 aliphatic carbocycles. The third-order valence-corrected chi connectivity index (χ3v) is 4.59. The number of benzene rings is 3. The van der Waals surface area contributed by atoms with Gasteiger partial charge in [0.2, 0.25) is 0 Å². The third kappa shape index (κ3) is 3.57. The predicted molar refractivity (Wildman–Crippen MR) is 104 cm³/mol. The fourth-order valence-electron chi connectivity index (χ4n) is 3.16. The Morgan fingerprint density at radius 1 is 0.714 bits per heavy atom. The molecule has 3 aromatic rings. The zero-order valence-corrected chi connectivity index (χ0v) is 15.4. The summed E-state index contributed by atoms with van der Waals surface area (Å²) >= 11 is 0. The van der Waals surface area contributed by atoms with Crippen molar-refractivity contribution in [1.82, 2.24) is 0 Å². The number of methoxy groups -OCH3 is 2. The van der Waals surface area contributed by atoms with E-state index in [-0.39, 0.29) is 17.2 Å². The lowest BCUT2D eigenvalue weighted by molar-refractivity contribution is 0.112. The van der Waals surface area contributed by atoms with E-state index in [9.17, 15) is 20.1 Å². The summed E-state index contributed by atoms with van der Waals surface area (Å²) in [5.74, 6) is 0.00965. The predicted octanol–water partition coefficient (Wildman–Crippen LogP) is 3.81. The molecule has 3 rings (SSSR count). The Morgan fingerprint density at radius 2 is 1.14 bits per heavy atom. The van der Waals surface area contributed by atoms with Gasteiger partial charge in [-0.25, -0.2) is 0 Å². The topological polar surface area (TPSA) is 96.2 Å². The first kappa shape index (κ1) is 19.1. The summed E-state index contributed by atoms with van der Waals surface area (Å²) in [4.78, 5) is 11.3. The first-order valence-corrected chi connectivity index (χ1v) is 8.50. The fraction of sp³-hybridized carbons (Fsp3) is 0.136. The van der Waals surface area contributed by atoms with Gasteiger partial charge in [0.15, 0.2) is 0 Å². The second-order valence-corrected chi connectivity index (χ2v) is 6.22. The number of ether oxygens (including phenoxy) is 2. The van der Waals surface area contributed by atoms with Gasteiger partial charge in [-0.05, 0) is 54.6 Å². The van der Waals surface area contributed by atoms with Crippen molar-refractivity contribution in [3.8, 4) is 28.7 Å². The normalized spacial score (nSPS) is 10.7. The molecular weight excluding hydrogens is 360 g/mol. The maximum absolute atomic E-state index is 11.3. The fourth-order valence-corrected chi connectivity index (χ4v) is 3.16. The summed E-state index contributed by atoms with van der Waals surface area (Å²) in [6.07, 6.45) is 0.664. The van der Waals surface area contributed by atoms with E-state index < -0.39 is 5.92 Å². The third-order valence-electron chi connectivity index (χ3n) is 4.59. The molecule has 0 amide bonds. The smallest absolute Gasteiger partial charge is 0.150 e. The summed E-state index contributed by atoms with van der Waals surface area (Å²) in [6.45, 7) is 0. The molecule has 6 heteroatoms. The second kappa shape index (κ2) is 7.92. The van der Waals surface area contributed by atoms with Crippen molar-refractivity contribution in [2.45, 2.75) is 5.92 Å². The van der Waals surface area contributed by atoms with Gasteiger partial charge in [-0.1, -0.05) is 0 Å². The second-order valence-electron chi connectivity index (χ2n) is 6.22. The van der Waals surface area contributed by atoms with Gasteiger partial charge in [0, 0.05) is 28.2 Å². The molecule has 0 saturated carbocycles. The van der Waals surface area contributed by atoms with E-state index in [2.05, 4.69) is 0 Å². The molecule has 0 atom stereocenters. The van der Waals surface area contributed by atoms with Gasteiger partial charge in [0.05, 0.1) is 14.2 Å². The quantitative estimate of drug-likeness (QED) is 0.444. The van der Waals surface area contributed by atoms with E-state index in [1.807, 2.05) is 0 Å². The van der Waals surface area contributed by atoms with Crippen LogP contribution in [0.4, 0.5) is 0 Å². The highest BCUT2D eigenvalue weighted by molar-refractivity contribution is 5.76. The average molecular weight is 380 g/mol. The van der Waals surface area contributed by atoms with Crippen LogP contribution in [0, 0.1) is 0 Å². The molecule has 0 aliphatic rings. The molecule has 28 heavy (non-hydrogen) atoms. The molecule has 3 aromatic carbocycles. The lowest BCUT2D eigenvalue weighted by Crippen LogP contribution is -2.06. The molecular formula is C22H20O6. The Balaban J connectivity index is 2.34. The van der Waals surface area contributed by atoms with E-state index in [1.165, 1.54) is 44.6 Å². The lowest BCUT2D eigenvalue weighted by atomic mass is 9.83. The van der Waals surface area contributed by atoms with Crippen LogP contribution in [0.3, 0.4) is 0 Å². The van der Waals surface area contributed by atoms with Crippen LogP contribution >= 0.6 is 0 Å². The molecule has 0 radical (unpaired) electrons. The van der Waals surface area contributed by atoms with Crippen molar-refractivity contribution in [2.75, 3.05) is 14.2 Å². The Kier molecular flexibility index (Phi) is 5.40. The first-order valence-electron chi connectivity index (χ1n) is 8.50. The summed E-state index contributed by atoms with van der Waals surface area (Å²) in [5, 5.41) is 31.6. The molecule has 144 valence electrons. The van der Waals surface area contributed by atoms with Crippen molar-refractivity contribution in [1.29, 1.82) is 0 Å². The summed E-state index contributed by atoms with van der Waals surface area (Å²) < 4.78 is 10.5. The van der Waals surface area contributed by atoms with Crippen LogP contribution in [-0.4, -0.2) is 35.8 Å². The standard InChI is InChI=1S/C22H20O6/c1-27-14-4-7-20(25)17(10-14)22(16-9-13(12-23)3-6-19(16)24)18-11-15(28-2)5-8-21(18)26/h3-12,22,24-26H,1-2H3. The summed E-state index contributed by atoms with van der Waals surface area (Å²) in [6, 6.07) is 13.8. The number of hydrogen-bond donors (Lipinski definition) is 3. The Morgan fingerprint density at radius 3 is 1.57 bits per heavy atom. The molecule has 0 heterocycles. The van der Waals surface area contributed by atoms with Crippen LogP contribution < -0.4 is 9.47 Å². The summed E-state index contributed by atoms with van der Waals surface area (Å²) in [5.41, 5.74) is 1.47. The van der Waals surface area contributed by atoms with Crippen molar-refractivity contribution in [3.63, 3.8) is 0 Å². The van der Waals surface area contributed by atoms with Crippen LogP contribution in [0.2, 0.25) is 0 Å². The lowest BCUT2D eigenvalue weighted by Gasteiger charge is -2.23. The highest BCUT2D eigenvalue weighted by Crippen LogP contribution is 2.45. The molecule has 0 spiro atoms. The van der Waals surface area contributed by atoms with E-state index in [0.29, 0.717) is 40.0 Å². The zero-order valence-electron chi connectivity index (χ0n) is 15.4. The van der Waals surface area contributed by atoms with Gasteiger partial charge in [-0.2, -0.15) is 0 Å². The highest BCUT2D eigenvalue weighted by Gasteiger charge is 2.27. The van der Waals surface area contributed by atoms with E-state index in [0.717, 1.165) is 0 Å². The number of carbonyl (C=O) groups excluding carboxylic acids is 1. The van der Waals surface area contributed by atoms with E-state index in [4.69, 9.17) is 9.47 Å². The van der Waals surface area contributed by atoms with E-state index in [1.54, 1.807) is 24.3 Å².